The fourth-order valence-electron chi connectivity index (χ4n) is 2.65. The largest absolute Gasteiger partial charge is 0.316 e. The van der Waals surface area contributed by atoms with Gasteiger partial charge in [0.2, 0.25) is 5.91 Å². The van der Waals surface area contributed by atoms with E-state index < -0.39 is 0 Å². The van der Waals surface area contributed by atoms with Gasteiger partial charge in [0.05, 0.1) is 5.92 Å². The van der Waals surface area contributed by atoms with Crippen LogP contribution in [0.15, 0.2) is 24.3 Å². The van der Waals surface area contributed by atoms with Gasteiger partial charge < -0.3 is 10.2 Å². The average Bonchev–Trinajstić information content (AvgIpc) is 2.98. The SMILES string of the molecule is O=C(C1CCNC1)N1CCc2ccccc21. The molecule has 16 heavy (non-hydrogen) atoms. The maximum absolute atomic E-state index is 12.3. The lowest BCUT2D eigenvalue weighted by Gasteiger charge is -2.20. The molecule has 1 unspecified atom stereocenters. The van der Waals surface area contributed by atoms with E-state index >= 15 is 0 Å². The summed E-state index contributed by atoms with van der Waals surface area (Å²) in [7, 11) is 0. The zero-order chi connectivity index (χ0) is 11.0. The molecule has 84 valence electrons. The number of hydrogen-bond donors (Lipinski definition) is 1. The summed E-state index contributed by atoms with van der Waals surface area (Å²) in [6.45, 7) is 2.68. The molecule has 1 fully saturated rings. The van der Waals surface area contributed by atoms with E-state index in [1.165, 1.54) is 5.56 Å². The molecular weight excluding hydrogens is 200 g/mol. The van der Waals surface area contributed by atoms with Gasteiger partial charge in [-0.3, -0.25) is 4.79 Å². The van der Waals surface area contributed by atoms with Gasteiger partial charge in [-0.1, -0.05) is 18.2 Å². The van der Waals surface area contributed by atoms with E-state index in [0.717, 1.165) is 38.2 Å². The van der Waals surface area contributed by atoms with E-state index in [-0.39, 0.29) is 5.92 Å². The first-order chi connectivity index (χ1) is 7.86. The predicted octanol–water partition coefficient (Wildman–Crippen LogP) is 1.19. The van der Waals surface area contributed by atoms with Crippen molar-refractivity contribution < 1.29 is 4.79 Å². The molecule has 0 aliphatic carbocycles. The molecular formula is C13H16N2O. The molecule has 0 radical (unpaired) electrons. The molecule has 2 aliphatic rings. The Labute approximate surface area is 95.4 Å². The Morgan fingerprint density at radius 1 is 1.38 bits per heavy atom. The molecule has 2 heterocycles. The van der Waals surface area contributed by atoms with Crippen molar-refractivity contribution in [3.63, 3.8) is 0 Å². The summed E-state index contributed by atoms with van der Waals surface area (Å²) in [6.07, 6.45) is 1.99. The van der Waals surface area contributed by atoms with Crippen LogP contribution in [-0.4, -0.2) is 25.5 Å². The minimum absolute atomic E-state index is 0.186. The summed E-state index contributed by atoms with van der Waals surface area (Å²) in [6, 6.07) is 8.24. The number of nitrogens with zero attached hydrogens (tertiary/aromatic N) is 1. The second kappa shape index (κ2) is 3.91. The number of fused-ring (bicyclic) bond motifs is 1. The van der Waals surface area contributed by atoms with Gasteiger partial charge in [0.15, 0.2) is 0 Å². The molecule has 1 aromatic carbocycles. The van der Waals surface area contributed by atoms with Crippen molar-refractivity contribution in [2.75, 3.05) is 24.5 Å². The van der Waals surface area contributed by atoms with E-state index in [1.54, 1.807) is 0 Å². The Kier molecular flexibility index (Phi) is 2.40. The van der Waals surface area contributed by atoms with Crippen LogP contribution in [0.2, 0.25) is 0 Å². The maximum Gasteiger partial charge on any atom is 0.231 e. The number of benzene rings is 1. The van der Waals surface area contributed by atoms with Gasteiger partial charge in [-0.15, -0.1) is 0 Å². The van der Waals surface area contributed by atoms with Crippen LogP contribution in [0.5, 0.6) is 0 Å². The van der Waals surface area contributed by atoms with E-state index in [1.807, 2.05) is 17.0 Å². The van der Waals surface area contributed by atoms with Gasteiger partial charge >= 0.3 is 0 Å². The second-order valence-corrected chi connectivity index (χ2v) is 4.56. The Morgan fingerprint density at radius 2 is 2.25 bits per heavy atom. The zero-order valence-electron chi connectivity index (χ0n) is 9.28. The van der Waals surface area contributed by atoms with Gasteiger partial charge in [0, 0.05) is 18.8 Å². The quantitative estimate of drug-likeness (QED) is 0.764. The van der Waals surface area contributed by atoms with Crippen LogP contribution in [0.4, 0.5) is 5.69 Å². The summed E-state index contributed by atoms with van der Waals surface area (Å²) >= 11 is 0. The number of carbonyl (C=O) groups is 1. The van der Waals surface area contributed by atoms with Crippen LogP contribution in [0, 0.1) is 5.92 Å². The summed E-state index contributed by atoms with van der Waals surface area (Å²) in [5.41, 5.74) is 2.43. The monoisotopic (exact) mass is 216 g/mol. The van der Waals surface area contributed by atoms with Crippen molar-refractivity contribution in [1.82, 2.24) is 5.32 Å². The van der Waals surface area contributed by atoms with Crippen LogP contribution < -0.4 is 10.2 Å². The first-order valence-electron chi connectivity index (χ1n) is 5.96. The average molecular weight is 216 g/mol. The van der Waals surface area contributed by atoms with Crippen LogP contribution in [0.3, 0.4) is 0 Å². The third kappa shape index (κ3) is 1.52. The molecule has 1 N–H and O–H groups in total. The lowest BCUT2D eigenvalue weighted by Crippen LogP contribution is -2.35. The molecule has 3 heteroatoms. The van der Waals surface area contributed by atoms with E-state index in [0.29, 0.717) is 5.91 Å². The molecule has 3 nitrogen and oxygen atoms in total. The molecule has 0 saturated carbocycles. The van der Waals surface area contributed by atoms with Gasteiger partial charge in [-0.25, -0.2) is 0 Å². The lowest BCUT2D eigenvalue weighted by molar-refractivity contribution is -0.121. The van der Waals surface area contributed by atoms with Crippen molar-refractivity contribution in [2.24, 2.45) is 5.92 Å². The number of anilines is 1. The van der Waals surface area contributed by atoms with Gasteiger partial charge in [0.1, 0.15) is 0 Å². The zero-order valence-corrected chi connectivity index (χ0v) is 9.28. The minimum atomic E-state index is 0.186. The third-order valence-electron chi connectivity index (χ3n) is 3.56. The van der Waals surface area contributed by atoms with Crippen molar-refractivity contribution >= 4 is 11.6 Å². The predicted molar refractivity (Wildman–Crippen MR) is 63.5 cm³/mol. The molecule has 0 spiro atoms. The number of rotatable bonds is 1. The third-order valence-corrected chi connectivity index (χ3v) is 3.56. The van der Waals surface area contributed by atoms with E-state index in [9.17, 15) is 4.79 Å². The number of nitrogens with one attached hydrogen (secondary N) is 1. The fourth-order valence-corrected chi connectivity index (χ4v) is 2.65. The first-order valence-corrected chi connectivity index (χ1v) is 5.96. The standard InChI is InChI=1S/C13H16N2O/c16-13(11-5-7-14-9-11)15-8-6-10-3-1-2-4-12(10)15/h1-4,11,14H,5-9H2. The second-order valence-electron chi connectivity index (χ2n) is 4.56. The van der Waals surface area contributed by atoms with Crippen LogP contribution >= 0.6 is 0 Å². The summed E-state index contributed by atoms with van der Waals surface area (Å²) in [5.74, 6) is 0.487. The van der Waals surface area contributed by atoms with Crippen molar-refractivity contribution in [1.29, 1.82) is 0 Å². The fraction of sp³-hybridized carbons (Fsp3) is 0.462. The first kappa shape index (κ1) is 9.85. The smallest absolute Gasteiger partial charge is 0.231 e. The highest BCUT2D eigenvalue weighted by atomic mass is 16.2. The van der Waals surface area contributed by atoms with Gasteiger partial charge in [-0.05, 0) is 31.0 Å². The summed E-state index contributed by atoms with van der Waals surface area (Å²) in [5, 5.41) is 3.25. The Bertz CT molecular complexity index is 410. The molecule has 1 amide bonds. The number of amides is 1. The van der Waals surface area contributed by atoms with Crippen molar-refractivity contribution in [3.05, 3.63) is 29.8 Å². The molecule has 0 aromatic heterocycles. The van der Waals surface area contributed by atoms with Crippen LogP contribution in [0.25, 0.3) is 0 Å². The molecule has 0 bridgehead atoms. The molecule has 1 aromatic rings. The highest BCUT2D eigenvalue weighted by Gasteiger charge is 2.31. The van der Waals surface area contributed by atoms with E-state index in [2.05, 4.69) is 17.4 Å². The van der Waals surface area contributed by atoms with Crippen LogP contribution in [-0.2, 0) is 11.2 Å². The van der Waals surface area contributed by atoms with Crippen molar-refractivity contribution in [2.45, 2.75) is 12.8 Å². The molecule has 1 atom stereocenters. The van der Waals surface area contributed by atoms with E-state index in [4.69, 9.17) is 0 Å². The van der Waals surface area contributed by atoms with Crippen LogP contribution in [0.1, 0.15) is 12.0 Å². The van der Waals surface area contributed by atoms with Crippen molar-refractivity contribution in [3.8, 4) is 0 Å². The number of para-hydroxylation sites is 1. The topological polar surface area (TPSA) is 32.3 Å². The van der Waals surface area contributed by atoms with Gasteiger partial charge in [-0.2, -0.15) is 0 Å². The number of hydrogen-bond acceptors (Lipinski definition) is 2. The minimum Gasteiger partial charge on any atom is -0.316 e. The summed E-state index contributed by atoms with van der Waals surface area (Å²) in [4.78, 5) is 14.3. The summed E-state index contributed by atoms with van der Waals surface area (Å²) < 4.78 is 0. The Balaban J connectivity index is 1.84. The molecule has 1 saturated heterocycles. The highest BCUT2D eigenvalue weighted by Crippen LogP contribution is 2.29. The Hall–Kier alpha value is -1.35. The highest BCUT2D eigenvalue weighted by molar-refractivity contribution is 5.97. The maximum atomic E-state index is 12.3. The van der Waals surface area contributed by atoms with Gasteiger partial charge in [0.25, 0.3) is 0 Å². The number of carbonyl (C=O) groups excluding carboxylic acids is 1. The molecule has 3 rings (SSSR count). The Morgan fingerprint density at radius 3 is 3.06 bits per heavy atom. The molecule has 2 aliphatic heterocycles. The normalized spacial score (nSPS) is 23.5. The lowest BCUT2D eigenvalue weighted by atomic mass is 10.1.